The summed E-state index contributed by atoms with van der Waals surface area (Å²) in [4.78, 5) is 14.6. The van der Waals surface area contributed by atoms with E-state index in [2.05, 4.69) is 30.3 Å². The van der Waals surface area contributed by atoms with Crippen LogP contribution >= 0.6 is 0 Å². The number of amides is 1. The fraction of sp³-hybridized carbons (Fsp3) is 0.458. The lowest BCUT2D eigenvalue weighted by atomic mass is 9.77. The molecule has 2 aromatic rings. The number of rotatable bonds is 4. The molecule has 2 aliphatic rings. The molecule has 0 radical (unpaired) electrons. The summed E-state index contributed by atoms with van der Waals surface area (Å²) in [5.74, 6) is 0.132. The summed E-state index contributed by atoms with van der Waals surface area (Å²) < 4.78 is 25.1. The molecule has 0 N–H and O–H groups in total. The predicted octanol–water partition coefficient (Wildman–Crippen LogP) is 4.48. The molecule has 1 amide bonds. The third-order valence-corrected chi connectivity index (χ3v) is 6.32. The minimum Gasteiger partial charge on any atom is -0.494 e. The van der Waals surface area contributed by atoms with E-state index in [1.807, 2.05) is 4.90 Å². The van der Waals surface area contributed by atoms with Crippen LogP contribution in [0.15, 0.2) is 48.5 Å². The van der Waals surface area contributed by atoms with Crippen LogP contribution < -0.4 is 4.74 Å². The van der Waals surface area contributed by atoms with Crippen molar-refractivity contribution >= 4 is 5.91 Å². The Balaban J connectivity index is 1.36. The highest BCUT2D eigenvalue weighted by Crippen LogP contribution is 2.39. The molecule has 2 heterocycles. The van der Waals surface area contributed by atoms with Crippen LogP contribution in [-0.2, 0) is 11.2 Å². The molecule has 2 saturated heterocycles. The van der Waals surface area contributed by atoms with Crippen molar-refractivity contribution in [2.45, 2.75) is 37.7 Å². The molecule has 0 aliphatic carbocycles. The molecule has 0 bridgehead atoms. The van der Waals surface area contributed by atoms with Gasteiger partial charge in [-0.2, -0.15) is 0 Å². The van der Waals surface area contributed by atoms with Gasteiger partial charge in [-0.15, -0.1) is 0 Å². The molecule has 0 aromatic heterocycles. The average molecular weight is 397 g/mol. The van der Waals surface area contributed by atoms with Crippen molar-refractivity contribution in [1.82, 2.24) is 4.90 Å². The van der Waals surface area contributed by atoms with Gasteiger partial charge in [0, 0.05) is 25.3 Å². The largest absolute Gasteiger partial charge is 0.494 e. The first-order valence-electron chi connectivity index (χ1n) is 10.4. The SMILES string of the molecule is COc1ccc(C(=O)N2CCC3(CC2)CC(Cc2ccccc2)CCO3)cc1F. The first-order chi connectivity index (χ1) is 14.1. The van der Waals surface area contributed by atoms with Gasteiger partial charge in [-0.25, -0.2) is 4.39 Å². The molecule has 5 heteroatoms. The molecule has 154 valence electrons. The summed E-state index contributed by atoms with van der Waals surface area (Å²) in [5, 5.41) is 0. The lowest BCUT2D eigenvalue weighted by molar-refractivity contribution is -0.123. The number of likely N-dealkylation sites (tertiary alicyclic amines) is 1. The number of halogens is 1. The summed E-state index contributed by atoms with van der Waals surface area (Å²) in [6, 6.07) is 15.0. The summed E-state index contributed by atoms with van der Waals surface area (Å²) >= 11 is 0. The van der Waals surface area contributed by atoms with Gasteiger partial charge in [0.2, 0.25) is 0 Å². The van der Waals surface area contributed by atoms with Gasteiger partial charge >= 0.3 is 0 Å². The number of hydrogen-bond donors (Lipinski definition) is 0. The highest BCUT2D eigenvalue weighted by Gasteiger charge is 2.41. The average Bonchev–Trinajstić information content (AvgIpc) is 2.74. The van der Waals surface area contributed by atoms with Crippen LogP contribution in [0, 0.1) is 11.7 Å². The Kier molecular flexibility index (Phi) is 5.86. The number of piperidine rings is 1. The van der Waals surface area contributed by atoms with E-state index in [0.29, 0.717) is 24.6 Å². The normalized spacial score (nSPS) is 21.2. The fourth-order valence-corrected chi connectivity index (χ4v) is 4.70. The highest BCUT2D eigenvalue weighted by atomic mass is 19.1. The van der Waals surface area contributed by atoms with Gasteiger partial charge in [0.15, 0.2) is 11.6 Å². The Morgan fingerprint density at radius 2 is 1.97 bits per heavy atom. The minimum atomic E-state index is -0.508. The summed E-state index contributed by atoms with van der Waals surface area (Å²) in [7, 11) is 1.42. The second-order valence-electron chi connectivity index (χ2n) is 8.22. The van der Waals surface area contributed by atoms with Crippen LogP contribution in [0.4, 0.5) is 4.39 Å². The Labute approximate surface area is 171 Å². The van der Waals surface area contributed by atoms with E-state index in [1.165, 1.54) is 24.8 Å². The van der Waals surface area contributed by atoms with Gasteiger partial charge < -0.3 is 14.4 Å². The molecule has 4 nitrogen and oxygen atoms in total. The molecule has 1 atom stereocenters. The van der Waals surface area contributed by atoms with Crippen LogP contribution in [0.3, 0.4) is 0 Å². The molecule has 2 aliphatic heterocycles. The zero-order valence-corrected chi connectivity index (χ0v) is 16.9. The van der Waals surface area contributed by atoms with E-state index in [4.69, 9.17) is 9.47 Å². The van der Waals surface area contributed by atoms with Crippen molar-refractivity contribution in [3.8, 4) is 5.75 Å². The maximum absolute atomic E-state index is 14.0. The zero-order chi connectivity index (χ0) is 20.3. The van der Waals surface area contributed by atoms with E-state index < -0.39 is 5.82 Å². The Morgan fingerprint density at radius 1 is 1.21 bits per heavy atom. The van der Waals surface area contributed by atoms with Gasteiger partial charge in [0.25, 0.3) is 5.91 Å². The molecule has 1 unspecified atom stereocenters. The van der Waals surface area contributed by atoms with Crippen molar-refractivity contribution in [2.24, 2.45) is 5.92 Å². The van der Waals surface area contributed by atoms with Crippen molar-refractivity contribution in [3.63, 3.8) is 0 Å². The van der Waals surface area contributed by atoms with E-state index in [0.717, 1.165) is 38.7 Å². The predicted molar refractivity (Wildman–Crippen MR) is 110 cm³/mol. The van der Waals surface area contributed by atoms with Gasteiger partial charge in [0.05, 0.1) is 12.7 Å². The lowest BCUT2D eigenvalue weighted by Gasteiger charge is -2.46. The molecule has 2 fully saturated rings. The van der Waals surface area contributed by atoms with Gasteiger partial charge in [0.1, 0.15) is 0 Å². The fourth-order valence-electron chi connectivity index (χ4n) is 4.70. The maximum atomic E-state index is 14.0. The smallest absolute Gasteiger partial charge is 0.253 e. The first-order valence-corrected chi connectivity index (χ1v) is 10.4. The lowest BCUT2D eigenvalue weighted by Crippen LogP contribution is -2.51. The molecule has 4 rings (SSSR count). The third-order valence-electron chi connectivity index (χ3n) is 6.32. The zero-order valence-electron chi connectivity index (χ0n) is 16.9. The minimum absolute atomic E-state index is 0.125. The summed E-state index contributed by atoms with van der Waals surface area (Å²) in [6.07, 6.45) is 4.89. The second-order valence-corrected chi connectivity index (χ2v) is 8.22. The molecule has 29 heavy (non-hydrogen) atoms. The number of benzene rings is 2. The van der Waals surface area contributed by atoms with Crippen LogP contribution in [0.25, 0.3) is 0 Å². The third kappa shape index (κ3) is 4.45. The Hall–Kier alpha value is -2.40. The Bertz CT molecular complexity index is 846. The topological polar surface area (TPSA) is 38.8 Å². The molecule has 1 spiro atoms. The summed E-state index contributed by atoms with van der Waals surface area (Å²) in [5.41, 5.74) is 1.62. The Morgan fingerprint density at radius 3 is 2.66 bits per heavy atom. The van der Waals surface area contributed by atoms with E-state index in [1.54, 1.807) is 6.07 Å². The first kappa shape index (κ1) is 19.9. The molecule has 2 aromatic carbocycles. The van der Waals surface area contributed by atoms with Gasteiger partial charge in [-0.3, -0.25) is 4.79 Å². The molecule has 0 saturated carbocycles. The maximum Gasteiger partial charge on any atom is 0.253 e. The van der Waals surface area contributed by atoms with Crippen LogP contribution in [0.5, 0.6) is 5.75 Å². The van der Waals surface area contributed by atoms with Gasteiger partial charge in [-0.1, -0.05) is 30.3 Å². The standard InChI is InChI=1S/C24H28FNO3/c1-28-22-8-7-20(16-21(22)25)23(27)26-12-10-24(11-13-26)17-19(9-14-29-24)15-18-5-3-2-4-6-18/h2-8,16,19H,9-15,17H2,1H3. The van der Waals surface area contributed by atoms with Crippen LogP contribution in [0.1, 0.15) is 41.6 Å². The number of ether oxygens (including phenoxy) is 2. The van der Waals surface area contributed by atoms with E-state index in [-0.39, 0.29) is 17.3 Å². The number of nitrogens with zero attached hydrogens (tertiary/aromatic N) is 1. The molecular formula is C24H28FNO3. The molecular weight excluding hydrogens is 369 g/mol. The van der Waals surface area contributed by atoms with Gasteiger partial charge in [-0.05, 0) is 61.8 Å². The van der Waals surface area contributed by atoms with Crippen LogP contribution in [0.2, 0.25) is 0 Å². The number of methoxy groups -OCH3 is 1. The van der Waals surface area contributed by atoms with Crippen molar-refractivity contribution in [1.29, 1.82) is 0 Å². The number of carbonyl (C=O) groups is 1. The van der Waals surface area contributed by atoms with Crippen molar-refractivity contribution in [3.05, 3.63) is 65.5 Å². The van der Waals surface area contributed by atoms with E-state index >= 15 is 0 Å². The van der Waals surface area contributed by atoms with Crippen LogP contribution in [-0.4, -0.2) is 43.2 Å². The monoisotopic (exact) mass is 397 g/mol. The highest BCUT2D eigenvalue weighted by molar-refractivity contribution is 5.94. The quantitative estimate of drug-likeness (QED) is 0.764. The van der Waals surface area contributed by atoms with Crippen molar-refractivity contribution < 1.29 is 18.7 Å². The van der Waals surface area contributed by atoms with E-state index in [9.17, 15) is 9.18 Å². The summed E-state index contributed by atoms with van der Waals surface area (Å²) in [6.45, 7) is 2.07. The number of hydrogen-bond acceptors (Lipinski definition) is 3. The van der Waals surface area contributed by atoms with Crippen molar-refractivity contribution in [2.75, 3.05) is 26.8 Å². The second kappa shape index (κ2) is 8.54. The number of carbonyl (C=O) groups excluding carboxylic acids is 1.